The van der Waals surface area contributed by atoms with Gasteiger partial charge in [0.15, 0.2) is 7.98 Å². The van der Waals surface area contributed by atoms with E-state index < -0.39 is 24.2 Å². The van der Waals surface area contributed by atoms with Gasteiger partial charge in [0, 0.05) is 88.9 Å². The zero-order valence-electron chi connectivity index (χ0n) is 48.1. The number of nitrogens with zero attached hydrogens (tertiary/aromatic N) is 6. The average Bonchev–Trinajstić information content (AvgIpc) is 4.17. The predicted octanol–water partition coefficient (Wildman–Crippen LogP) is 5.35. The summed E-state index contributed by atoms with van der Waals surface area (Å²) in [4.78, 5) is 96.9. The van der Waals surface area contributed by atoms with E-state index >= 15 is 0 Å². The van der Waals surface area contributed by atoms with Gasteiger partial charge in [-0.2, -0.15) is 0 Å². The lowest BCUT2D eigenvalue weighted by atomic mass is 9.90. The molecule has 0 aliphatic carbocycles. The van der Waals surface area contributed by atoms with E-state index in [0.717, 1.165) is 47.9 Å². The van der Waals surface area contributed by atoms with E-state index in [1.54, 1.807) is 0 Å². The fourth-order valence-electron chi connectivity index (χ4n) is 11.7. The summed E-state index contributed by atoms with van der Waals surface area (Å²) in [5, 5.41) is 6.29. The molecule has 6 atom stereocenters. The van der Waals surface area contributed by atoms with Crippen LogP contribution < -0.4 is 10.6 Å². The minimum Gasteiger partial charge on any atom is -0.381 e. The Kier molecular flexibility index (Phi) is 21.5. The Bertz CT molecular complexity index is 2480. The predicted molar refractivity (Wildman–Crippen MR) is 313 cm³/mol. The second-order valence-electron chi connectivity index (χ2n) is 22.9. The van der Waals surface area contributed by atoms with Crippen LogP contribution in [0.15, 0.2) is 109 Å². The number of amides is 6. The highest BCUT2D eigenvalue weighted by molar-refractivity contribution is 6.06. The van der Waals surface area contributed by atoms with Crippen molar-refractivity contribution in [2.24, 2.45) is 11.8 Å². The second kappa shape index (κ2) is 28.8. The van der Waals surface area contributed by atoms with Crippen molar-refractivity contribution in [2.75, 3.05) is 86.8 Å². The SMILES string of the molecule is BN(C)[C@@H](C)C(=O)N[C@H](C(=O)N1CCC[C@H]1CN(CCc1ccccc1)C(=O)c1ccc(-c2ccc(C(=O)N(CCc3ccccc3)C[C@@H]3CCCN3C(=O)[C@@H](NC(=O)[C@H](C)N(C)C)C3CCOCC3)cc2)cc1)C1CCOCC1. The summed E-state index contributed by atoms with van der Waals surface area (Å²) >= 11 is 0. The molecule has 8 rings (SSSR count). The Balaban J connectivity index is 0.971. The van der Waals surface area contributed by atoms with E-state index in [4.69, 9.17) is 9.47 Å². The molecule has 4 aromatic rings. The van der Waals surface area contributed by atoms with E-state index in [1.807, 2.05) is 157 Å². The number of hydrogen-bond acceptors (Lipinski definition) is 10. The molecule has 17 heteroatoms. The van der Waals surface area contributed by atoms with Crippen LogP contribution in [0, 0.1) is 11.8 Å². The first-order chi connectivity index (χ1) is 38.7. The van der Waals surface area contributed by atoms with Gasteiger partial charge in [-0.25, -0.2) is 0 Å². The molecule has 6 amide bonds. The lowest BCUT2D eigenvalue weighted by Crippen LogP contribution is -2.58. The van der Waals surface area contributed by atoms with Crippen molar-refractivity contribution in [2.45, 2.75) is 114 Å². The standard InChI is InChI=1S/C63H85BN8O8/c1-44(67(3)4)58(73)65-56(50-30-38-79-39-31-50)62(77)71-34-12-18-54(71)42-69(36-28-46-14-8-6-9-15-46)60(75)52-24-20-48(21-25-52)49-22-26-53(27-23-49)61(76)70(37-29-47-16-10-7-11-17-47)43-55-19-13-35-72(55)63(78)57(51-32-40-80-41-33-51)66-59(74)45(2)68(5)64/h6-11,14-17,20-27,44-45,50-51,54-57H,12-13,18-19,28-43,64H2,1-5H3,(H,65,73)(H,66,74)/t44-,45-,54-,55-,56-,57-/m0/s1. The van der Waals surface area contributed by atoms with E-state index in [0.29, 0.717) is 115 Å². The van der Waals surface area contributed by atoms with E-state index in [1.165, 1.54) is 0 Å². The number of likely N-dealkylation sites (N-methyl/N-ethyl adjacent to an activating group) is 2. The molecule has 4 aliphatic heterocycles. The van der Waals surface area contributed by atoms with Crippen LogP contribution in [-0.4, -0.2) is 196 Å². The summed E-state index contributed by atoms with van der Waals surface area (Å²) in [7, 11) is 7.41. The Hall–Kier alpha value is -6.40. The summed E-state index contributed by atoms with van der Waals surface area (Å²) in [6.45, 7) is 8.61. The molecule has 0 radical (unpaired) electrons. The molecule has 4 heterocycles. The van der Waals surface area contributed by atoms with Gasteiger partial charge < -0.3 is 44.5 Å². The summed E-state index contributed by atoms with van der Waals surface area (Å²) in [5.74, 6) is -0.888. The monoisotopic (exact) mass is 1090 g/mol. The topological polar surface area (TPSA) is 164 Å². The highest BCUT2D eigenvalue weighted by Crippen LogP contribution is 2.29. The van der Waals surface area contributed by atoms with Gasteiger partial charge in [0.25, 0.3) is 11.8 Å². The highest BCUT2D eigenvalue weighted by atomic mass is 16.5. The molecule has 0 aromatic heterocycles. The number of nitrogens with one attached hydrogen (secondary N) is 2. The zero-order valence-corrected chi connectivity index (χ0v) is 48.1. The van der Waals surface area contributed by atoms with Crippen LogP contribution in [0.25, 0.3) is 11.1 Å². The molecule has 428 valence electrons. The van der Waals surface area contributed by atoms with Crippen LogP contribution in [0.1, 0.15) is 97.1 Å². The van der Waals surface area contributed by atoms with E-state index in [-0.39, 0.29) is 59.4 Å². The lowest BCUT2D eigenvalue weighted by molar-refractivity contribution is -0.141. The summed E-state index contributed by atoms with van der Waals surface area (Å²) in [6, 6.07) is 32.8. The molecule has 4 aromatic carbocycles. The Labute approximate surface area is 475 Å². The van der Waals surface area contributed by atoms with E-state index in [2.05, 4.69) is 34.9 Å². The van der Waals surface area contributed by atoms with Crippen LogP contribution in [0.5, 0.6) is 0 Å². The van der Waals surface area contributed by atoms with Gasteiger partial charge in [0.2, 0.25) is 23.6 Å². The Morgan fingerprint density at radius 2 is 0.912 bits per heavy atom. The number of ether oxygens (including phenoxy) is 2. The van der Waals surface area contributed by atoms with Crippen molar-refractivity contribution < 1.29 is 38.2 Å². The van der Waals surface area contributed by atoms with Crippen LogP contribution in [-0.2, 0) is 41.5 Å². The third kappa shape index (κ3) is 15.5. The molecule has 4 fully saturated rings. The number of carbonyl (C=O) groups excluding carboxylic acids is 6. The fraction of sp³-hybridized carbons (Fsp3) is 0.524. The van der Waals surface area contributed by atoms with Crippen molar-refractivity contribution >= 4 is 43.4 Å². The molecule has 4 saturated heterocycles. The smallest absolute Gasteiger partial charge is 0.253 e. The van der Waals surface area contributed by atoms with Gasteiger partial charge in [-0.15, -0.1) is 0 Å². The first-order valence-corrected chi connectivity index (χ1v) is 29.2. The van der Waals surface area contributed by atoms with Gasteiger partial charge in [0.1, 0.15) is 12.1 Å². The van der Waals surface area contributed by atoms with Crippen molar-refractivity contribution in [3.63, 3.8) is 0 Å². The molecule has 0 spiro atoms. The Morgan fingerprint density at radius 1 is 0.537 bits per heavy atom. The molecular weight excluding hydrogens is 1010 g/mol. The maximum absolute atomic E-state index is 14.7. The molecule has 16 nitrogen and oxygen atoms in total. The molecule has 0 bridgehead atoms. The first kappa shape index (κ1) is 59.7. The third-order valence-electron chi connectivity index (χ3n) is 17.3. The lowest BCUT2D eigenvalue weighted by Gasteiger charge is -2.37. The molecule has 80 heavy (non-hydrogen) atoms. The quantitative estimate of drug-likeness (QED) is 0.0927. The normalized spacial score (nSPS) is 19.5. The number of rotatable bonds is 23. The molecule has 0 unspecified atom stereocenters. The number of carbonyl (C=O) groups is 6. The van der Waals surface area contributed by atoms with Crippen LogP contribution in [0.2, 0.25) is 0 Å². The van der Waals surface area contributed by atoms with Gasteiger partial charge in [-0.05, 0) is 158 Å². The molecule has 4 aliphatic rings. The molecule has 2 N–H and O–H groups in total. The van der Waals surface area contributed by atoms with Crippen molar-refractivity contribution in [3.05, 3.63) is 131 Å². The summed E-state index contributed by atoms with van der Waals surface area (Å²) in [6.07, 6.45) is 7.14. The maximum atomic E-state index is 14.7. The maximum Gasteiger partial charge on any atom is 0.253 e. The van der Waals surface area contributed by atoms with Gasteiger partial charge in [-0.3, -0.25) is 33.7 Å². The van der Waals surface area contributed by atoms with Crippen molar-refractivity contribution in [3.8, 4) is 11.1 Å². The minimum atomic E-state index is -0.679. The second-order valence-corrected chi connectivity index (χ2v) is 22.9. The fourth-order valence-corrected chi connectivity index (χ4v) is 11.7. The minimum absolute atomic E-state index is 0.0467. The van der Waals surface area contributed by atoms with Crippen LogP contribution in [0.4, 0.5) is 0 Å². The largest absolute Gasteiger partial charge is 0.381 e. The summed E-state index contributed by atoms with van der Waals surface area (Å²) in [5.41, 5.74) is 5.07. The molecule has 0 saturated carbocycles. The van der Waals surface area contributed by atoms with Crippen LogP contribution in [0.3, 0.4) is 0 Å². The average molecular weight is 1090 g/mol. The number of hydrogen-bond donors (Lipinski definition) is 2. The first-order valence-electron chi connectivity index (χ1n) is 29.2. The zero-order chi connectivity index (χ0) is 56.7. The van der Waals surface area contributed by atoms with Gasteiger partial charge in [0.05, 0.1) is 12.1 Å². The van der Waals surface area contributed by atoms with Crippen molar-refractivity contribution in [1.29, 1.82) is 0 Å². The van der Waals surface area contributed by atoms with E-state index in [9.17, 15) is 28.8 Å². The third-order valence-corrected chi connectivity index (χ3v) is 17.3. The Morgan fingerprint density at radius 3 is 1.27 bits per heavy atom. The number of likely N-dealkylation sites (tertiary alicyclic amines) is 2. The molecular formula is C63H85BN8O8. The highest BCUT2D eigenvalue weighted by Gasteiger charge is 2.42. The number of benzene rings is 4. The van der Waals surface area contributed by atoms with Crippen LogP contribution >= 0.6 is 0 Å². The van der Waals surface area contributed by atoms with Gasteiger partial charge in [-0.1, -0.05) is 84.9 Å². The van der Waals surface area contributed by atoms with Crippen molar-refractivity contribution in [1.82, 2.24) is 39.9 Å². The summed E-state index contributed by atoms with van der Waals surface area (Å²) < 4.78 is 11.3. The van der Waals surface area contributed by atoms with Gasteiger partial charge >= 0.3 is 0 Å².